The lowest BCUT2D eigenvalue weighted by molar-refractivity contribution is -0.113. The van der Waals surface area contributed by atoms with E-state index in [1.54, 1.807) is 12.3 Å². The average molecular weight is 340 g/mol. The molecule has 1 amide bonds. The maximum absolute atomic E-state index is 12.0. The fourth-order valence-electron chi connectivity index (χ4n) is 2.01. The van der Waals surface area contributed by atoms with Crippen molar-refractivity contribution in [1.82, 2.24) is 19.9 Å². The van der Waals surface area contributed by atoms with Crippen LogP contribution in [-0.2, 0) is 4.79 Å². The molecule has 0 aliphatic carbocycles. The van der Waals surface area contributed by atoms with Crippen LogP contribution in [0.5, 0.6) is 0 Å². The Kier molecular flexibility index (Phi) is 4.76. The normalized spacial score (nSPS) is 10.5. The number of thioether (sulfide) groups is 1. The lowest BCUT2D eigenvalue weighted by Crippen LogP contribution is -2.16. The number of nitrogens with zero attached hydrogens (tertiary/aromatic N) is 4. The molecule has 0 saturated carbocycles. The smallest absolute Gasteiger partial charge is 0.234 e. The number of rotatable bonds is 5. The second-order valence-corrected chi connectivity index (χ2v) is 6.04. The molecule has 8 heteroatoms. The molecule has 1 aromatic carbocycles. The summed E-state index contributed by atoms with van der Waals surface area (Å²) in [4.78, 5) is 16.2. The largest absolute Gasteiger partial charge is 0.335 e. The first-order valence-electron chi connectivity index (χ1n) is 7.24. The van der Waals surface area contributed by atoms with Crippen molar-refractivity contribution in [2.75, 3.05) is 16.9 Å². The van der Waals surface area contributed by atoms with Gasteiger partial charge in [-0.15, -0.1) is 10.2 Å². The van der Waals surface area contributed by atoms with E-state index in [2.05, 4.69) is 20.5 Å². The number of carbonyl (C=O) groups is 1. The van der Waals surface area contributed by atoms with Gasteiger partial charge in [0, 0.05) is 11.9 Å². The van der Waals surface area contributed by atoms with Gasteiger partial charge in [-0.1, -0.05) is 35.5 Å². The third-order valence-corrected chi connectivity index (χ3v) is 4.17. The highest BCUT2D eigenvalue weighted by atomic mass is 32.2. The Hall–Kier alpha value is -2.87. The van der Waals surface area contributed by atoms with Gasteiger partial charge in [0.25, 0.3) is 0 Å². The summed E-state index contributed by atoms with van der Waals surface area (Å²) >= 11 is 1.22. The quantitative estimate of drug-likeness (QED) is 0.545. The summed E-state index contributed by atoms with van der Waals surface area (Å²) in [6, 6.07) is 13.1. The number of aryl methyl sites for hydroxylation is 1. The van der Waals surface area contributed by atoms with Crippen LogP contribution in [0.15, 0.2) is 53.8 Å². The number of hydrogen-bond acceptors (Lipinski definition) is 6. The second-order valence-electron chi connectivity index (χ2n) is 5.09. The number of amides is 1. The molecule has 0 fully saturated rings. The second kappa shape index (κ2) is 7.14. The molecule has 0 spiro atoms. The first-order valence-corrected chi connectivity index (χ1v) is 8.23. The molecule has 0 atom stereocenters. The predicted octanol–water partition coefficient (Wildman–Crippen LogP) is 2.09. The Morgan fingerprint density at radius 2 is 2.00 bits per heavy atom. The standard InChI is InChI=1S/C16H16N6OS/c1-11-5-7-12(8-6-11)19-14(23)10-24-16-21-20-15(22(16)17)13-4-2-3-9-18-13/h2-9H,10,17H2,1H3,(H,19,23). The molecule has 3 aromatic rings. The van der Waals surface area contributed by atoms with Crippen molar-refractivity contribution in [2.24, 2.45) is 0 Å². The highest BCUT2D eigenvalue weighted by Crippen LogP contribution is 2.20. The van der Waals surface area contributed by atoms with Crippen LogP contribution in [0.2, 0.25) is 0 Å². The van der Waals surface area contributed by atoms with Crippen LogP contribution in [0.1, 0.15) is 5.56 Å². The van der Waals surface area contributed by atoms with Crippen molar-refractivity contribution in [3.63, 3.8) is 0 Å². The molecule has 3 N–H and O–H groups in total. The fourth-order valence-corrected chi connectivity index (χ4v) is 2.67. The van der Waals surface area contributed by atoms with Crippen molar-refractivity contribution in [3.05, 3.63) is 54.2 Å². The van der Waals surface area contributed by atoms with E-state index >= 15 is 0 Å². The van der Waals surface area contributed by atoms with Crippen molar-refractivity contribution < 1.29 is 4.79 Å². The minimum atomic E-state index is -0.133. The van der Waals surface area contributed by atoms with Crippen molar-refractivity contribution in [3.8, 4) is 11.5 Å². The number of hydrogen-bond donors (Lipinski definition) is 2. The summed E-state index contributed by atoms with van der Waals surface area (Å²) in [6.07, 6.45) is 1.66. The zero-order valence-electron chi connectivity index (χ0n) is 13.0. The minimum Gasteiger partial charge on any atom is -0.335 e. The summed E-state index contributed by atoms with van der Waals surface area (Å²) in [5.74, 6) is 6.50. The van der Waals surface area contributed by atoms with E-state index in [0.29, 0.717) is 16.7 Å². The van der Waals surface area contributed by atoms with Gasteiger partial charge in [0.05, 0.1) is 5.75 Å². The molecule has 0 aliphatic rings. The van der Waals surface area contributed by atoms with Crippen molar-refractivity contribution >= 4 is 23.4 Å². The zero-order valence-corrected chi connectivity index (χ0v) is 13.8. The summed E-state index contributed by atoms with van der Waals surface area (Å²) < 4.78 is 1.34. The van der Waals surface area contributed by atoms with Crippen LogP contribution in [0.25, 0.3) is 11.5 Å². The fraction of sp³-hybridized carbons (Fsp3) is 0.125. The molecule has 2 aromatic heterocycles. The molecule has 0 bridgehead atoms. The van der Waals surface area contributed by atoms with E-state index in [4.69, 9.17) is 5.84 Å². The summed E-state index contributed by atoms with van der Waals surface area (Å²) in [5.41, 5.74) is 2.53. The van der Waals surface area contributed by atoms with Gasteiger partial charge in [-0.25, -0.2) is 4.68 Å². The van der Waals surface area contributed by atoms with Crippen LogP contribution >= 0.6 is 11.8 Å². The lowest BCUT2D eigenvalue weighted by atomic mass is 10.2. The van der Waals surface area contributed by atoms with Gasteiger partial charge < -0.3 is 11.2 Å². The number of nitrogen functional groups attached to an aromatic ring is 1. The molecule has 0 unspecified atom stereocenters. The minimum absolute atomic E-state index is 0.133. The number of nitrogens with two attached hydrogens (primary N) is 1. The van der Waals surface area contributed by atoms with Gasteiger partial charge in [0.2, 0.25) is 16.9 Å². The van der Waals surface area contributed by atoms with E-state index in [-0.39, 0.29) is 11.7 Å². The number of nitrogens with one attached hydrogen (secondary N) is 1. The molecule has 24 heavy (non-hydrogen) atoms. The van der Waals surface area contributed by atoms with E-state index in [1.165, 1.54) is 16.4 Å². The van der Waals surface area contributed by atoms with E-state index < -0.39 is 0 Å². The SMILES string of the molecule is Cc1ccc(NC(=O)CSc2nnc(-c3ccccn3)n2N)cc1. The van der Waals surface area contributed by atoms with E-state index in [1.807, 2.05) is 43.3 Å². The Balaban J connectivity index is 1.62. The number of aromatic nitrogens is 4. The monoisotopic (exact) mass is 340 g/mol. The van der Waals surface area contributed by atoms with Gasteiger partial charge in [0.15, 0.2) is 0 Å². The van der Waals surface area contributed by atoms with Gasteiger partial charge >= 0.3 is 0 Å². The van der Waals surface area contributed by atoms with Crippen LogP contribution < -0.4 is 11.2 Å². The third-order valence-electron chi connectivity index (χ3n) is 3.23. The van der Waals surface area contributed by atoms with E-state index in [9.17, 15) is 4.79 Å². The first kappa shape index (κ1) is 16.0. The molecular weight excluding hydrogens is 324 g/mol. The van der Waals surface area contributed by atoms with Crippen molar-refractivity contribution in [2.45, 2.75) is 12.1 Å². The molecule has 2 heterocycles. The maximum Gasteiger partial charge on any atom is 0.234 e. The van der Waals surface area contributed by atoms with Crippen LogP contribution in [0, 0.1) is 6.92 Å². The highest BCUT2D eigenvalue weighted by Gasteiger charge is 2.14. The predicted molar refractivity (Wildman–Crippen MR) is 93.9 cm³/mol. The maximum atomic E-state index is 12.0. The Morgan fingerprint density at radius 3 is 2.71 bits per heavy atom. The van der Waals surface area contributed by atoms with Gasteiger partial charge in [-0.05, 0) is 31.2 Å². The third kappa shape index (κ3) is 3.72. The zero-order chi connectivity index (χ0) is 16.9. The van der Waals surface area contributed by atoms with Gasteiger partial charge in [-0.3, -0.25) is 9.78 Å². The topological polar surface area (TPSA) is 98.7 Å². The Labute approximate surface area is 143 Å². The van der Waals surface area contributed by atoms with E-state index in [0.717, 1.165) is 11.3 Å². The molecule has 0 radical (unpaired) electrons. The van der Waals surface area contributed by atoms with Gasteiger partial charge in [0.1, 0.15) is 5.69 Å². The molecule has 0 saturated heterocycles. The molecule has 0 aliphatic heterocycles. The molecule has 7 nitrogen and oxygen atoms in total. The number of benzene rings is 1. The summed E-state index contributed by atoms with van der Waals surface area (Å²) in [5, 5.41) is 11.3. The Morgan fingerprint density at radius 1 is 1.21 bits per heavy atom. The van der Waals surface area contributed by atoms with Gasteiger partial charge in [-0.2, -0.15) is 0 Å². The number of anilines is 1. The molecule has 3 rings (SSSR count). The van der Waals surface area contributed by atoms with Crippen LogP contribution in [-0.4, -0.2) is 31.5 Å². The first-order chi connectivity index (χ1) is 11.6. The molecular formula is C16H16N6OS. The summed E-state index contributed by atoms with van der Waals surface area (Å²) in [6.45, 7) is 1.99. The molecule has 122 valence electrons. The van der Waals surface area contributed by atoms with Crippen molar-refractivity contribution in [1.29, 1.82) is 0 Å². The summed E-state index contributed by atoms with van der Waals surface area (Å²) in [7, 11) is 0. The Bertz CT molecular complexity index is 832. The van der Waals surface area contributed by atoms with Crippen LogP contribution in [0.3, 0.4) is 0 Å². The number of pyridine rings is 1. The van der Waals surface area contributed by atoms with Crippen LogP contribution in [0.4, 0.5) is 5.69 Å². The highest BCUT2D eigenvalue weighted by molar-refractivity contribution is 7.99. The lowest BCUT2D eigenvalue weighted by Gasteiger charge is -2.05. The average Bonchev–Trinajstić information content (AvgIpc) is 2.97. The number of carbonyl (C=O) groups excluding carboxylic acids is 1.